The molecule has 1 rings (SSSR count). The molecule has 0 aliphatic carbocycles. The van der Waals surface area contributed by atoms with Gasteiger partial charge in [0.2, 0.25) is 5.91 Å². The van der Waals surface area contributed by atoms with Crippen LogP contribution in [0.15, 0.2) is 12.3 Å². The first-order valence-electron chi connectivity index (χ1n) is 6.69. The summed E-state index contributed by atoms with van der Waals surface area (Å²) >= 11 is 2.25. The number of carbonyl (C=O) groups is 2. The van der Waals surface area contributed by atoms with Crippen LogP contribution in [-0.2, 0) is 14.3 Å². The van der Waals surface area contributed by atoms with E-state index < -0.39 is 17.6 Å². The van der Waals surface area contributed by atoms with Crippen molar-refractivity contribution in [3.8, 4) is 0 Å². The Bertz CT molecular complexity index is 410. The average Bonchev–Trinajstić information content (AvgIpc) is 2.70. The van der Waals surface area contributed by atoms with Crippen LogP contribution in [0.2, 0.25) is 0 Å². The second-order valence-electron chi connectivity index (χ2n) is 5.95. The van der Waals surface area contributed by atoms with Gasteiger partial charge in [-0.2, -0.15) is 0 Å². The summed E-state index contributed by atoms with van der Waals surface area (Å²) in [5.74, 6) is -0.851. The average molecular weight is 620 g/mol. The molecular formula is C14H22AcIN2O3-. The van der Waals surface area contributed by atoms with Crippen molar-refractivity contribution >= 4 is 34.5 Å². The van der Waals surface area contributed by atoms with Crippen LogP contribution in [0.3, 0.4) is 0 Å². The largest absolute Gasteiger partial charge is 0.695 e. The molecule has 7 heteroatoms. The molecule has 1 amide bonds. The number of nitrogens with zero attached hydrogens (tertiary/aromatic N) is 1. The predicted octanol–water partition coefficient (Wildman–Crippen LogP) is 3.08. The summed E-state index contributed by atoms with van der Waals surface area (Å²) in [4.78, 5) is 25.9. The SMILES string of the molecule is C=C([NH-])C(=O)N1C(CCI)CCC1C(=O)OC(C)(C)C.[Ac]. The summed E-state index contributed by atoms with van der Waals surface area (Å²) < 4.78 is 6.28. The van der Waals surface area contributed by atoms with Crippen LogP contribution in [-0.4, -0.2) is 38.9 Å². The molecule has 5 nitrogen and oxygen atoms in total. The number of ether oxygens (including phenoxy) is 1. The van der Waals surface area contributed by atoms with Crippen molar-refractivity contribution in [1.82, 2.24) is 4.90 Å². The number of halogens is 1. The first-order valence-corrected chi connectivity index (χ1v) is 8.22. The number of carbonyl (C=O) groups excluding carboxylic acids is 2. The third-order valence-electron chi connectivity index (χ3n) is 3.12. The molecule has 0 saturated carbocycles. The molecule has 1 aliphatic rings. The molecule has 21 heavy (non-hydrogen) atoms. The Morgan fingerprint density at radius 2 is 1.95 bits per heavy atom. The molecular weight excluding hydrogens is 598 g/mol. The maximum atomic E-state index is 12.2. The summed E-state index contributed by atoms with van der Waals surface area (Å²) in [5.41, 5.74) is 6.58. The van der Waals surface area contributed by atoms with Crippen LogP contribution >= 0.6 is 22.6 Å². The van der Waals surface area contributed by atoms with Crippen molar-refractivity contribution in [1.29, 1.82) is 0 Å². The van der Waals surface area contributed by atoms with Gasteiger partial charge in [0.1, 0.15) is 11.6 Å². The third-order valence-corrected chi connectivity index (χ3v) is 3.74. The second kappa shape index (κ2) is 9.07. The van der Waals surface area contributed by atoms with Crippen LogP contribution in [0.25, 0.3) is 5.73 Å². The molecule has 0 bridgehead atoms. The fourth-order valence-corrected chi connectivity index (χ4v) is 3.08. The van der Waals surface area contributed by atoms with E-state index in [0.717, 1.165) is 17.3 Å². The fourth-order valence-electron chi connectivity index (χ4n) is 2.36. The summed E-state index contributed by atoms with van der Waals surface area (Å²) in [5, 5.41) is 0. The molecule has 1 heterocycles. The summed E-state index contributed by atoms with van der Waals surface area (Å²) in [6.07, 6.45) is 2.18. The van der Waals surface area contributed by atoms with Crippen molar-refractivity contribution in [2.45, 2.75) is 57.7 Å². The van der Waals surface area contributed by atoms with Gasteiger partial charge in [0.05, 0.1) is 0 Å². The molecule has 1 fully saturated rings. The molecule has 0 spiro atoms. The van der Waals surface area contributed by atoms with Gasteiger partial charge in [-0.25, -0.2) is 4.79 Å². The quantitative estimate of drug-likeness (QED) is 0.210. The van der Waals surface area contributed by atoms with Gasteiger partial charge >= 0.3 is 5.97 Å². The topological polar surface area (TPSA) is 70.4 Å². The van der Waals surface area contributed by atoms with E-state index in [-0.39, 0.29) is 61.8 Å². The number of hydrogen-bond donors (Lipinski definition) is 0. The maximum absolute atomic E-state index is 12.2. The Balaban J connectivity index is 0.00000400. The molecule has 0 aromatic rings. The molecule has 1 N–H and O–H groups in total. The van der Waals surface area contributed by atoms with Crippen LogP contribution in [0, 0.1) is 44.1 Å². The van der Waals surface area contributed by atoms with Crippen molar-refractivity contribution in [3.63, 3.8) is 0 Å². The maximum Gasteiger partial charge on any atom is 0.329 e. The first kappa shape index (κ1) is 21.7. The smallest absolute Gasteiger partial charge is 0.329 e. The van der Waals surface area contributed by atoms with E-state index in [4.69, 9.17) is 10.5 Å². The summed E-state index contributed by atoms with van der Waals surface area (Å²) in [7, 11) is 0. The van der Waals surface area contributed by atoms with Crippen LogP contribution < -0.4 is 0 Å². The standard InChI is InChI=1S/C14H22IN2O3.Ac/c1-9(16)12(18)17-10(7-8-15)5-6-11(17)13(19)20-14(2,3)4;/h10-11,16H,1,5-8H2,2-4H3;/q-1;. The zero-order valence-electron chi connectivity index (χ0n) is 12.8. The van der Waals surface area contributed by atoms with E-state index in [1.807, 2.05) is 0 Å². The number of rotatable bonds is 4. The Labute approximate surface area is 176 Å². The van der Waals surface area contributed by atoms with E-state index >= 15 is 0 Å². The molecule has 1 saturated heterocycles. The second-order valence-corrected chi connectivity index (χ2v) is 7.03. The molecule has 1 radical (unpaired) electrons. The molecule has 2 unspecified atom stereocenters. The Hall–Kier alpha value is 0.652. The van der Waals surface area contributed by atoms with Gasteiger partial charge < -0.3 is 15.4 Å². The fraction of sp³-hybridized carbons (Fsp3) is 0.714. The van der Waals surface area contributed by atoms with E-state index in [1.54, 1.807) is 20.8 Å². The zero-order chi connectivity index (χ0) is 15.5. The van der Waals surface area contributed by atoms with Crippen LogP contribution in [0.1, 0.15) is 40.0 Å². The van der Waals surface area contributed by atoms with Gasteiger partial charge in [-0.3, -0.25) is 4.79 Å². The van der Waals surface area contributed by atoms with Gasteiger partial charge in [-0.1, -0.05) is 28.3 Å². The Morgan fingerprint density at radius 1 is 1.38 bits per heavy atom. The van der Waals surface area contributed by atoms with Crippen LogP contribution in [0.5, 0.6) is 0 Å². The molecule has 1 aliphatic heterocycles. The molecule has 0 aromatic carbocycles. The number of amides is 1. The normalized spacial score (nSPS) is 21.6. The summed E-state index contributed by atoms with van der Waals surface area (Å²) in [6, 6.07) is -0.587. The predicted molar refractivity (Wildman–Crippen MR) is 86.5 cm³/mol. The van der Waals surface area contributed by atoms with E-state index in [2.05, 4.69) is 29.2 Å². The van der Waals surface area contributed by atoms with Gasteiger partial charge in [-0.05, 0) is 40.0 Å². The van der Waals surface area contributed by atoms with Crippen molar-refractivity contribution in [2.75, 3.05) is 4.43 Å². The number of hydrogen-bond acceptors (Lipinski definition) is 3. The molecule has 0 aromatic heterocycles. The van der Waals surface area contributed by atoms with E-state index in [0.29, 0.717) is 6.42 Å². The van der Waals surface area contributed by atoms with Gasteiger partial charge in [0.15, 0.2) is 0 Å². The first-order chi connectivity index (χ1) is 9.17. The zero-order valence-corrected chi connectivity index (χ0v) is 19.7. The Kier molecular flexibility index (Phi) is 9.35. The molecule has 2 atom stereocenters. The number of alkyl halides is 1. The molecule has 117 valence electrons. The minimum Gasteiger partial charge on any atom is -0.695 e. The van der Waals surface area contributed by atoms with Crippen LogP contribution in [0.4, 0.5) is 0 Å². The summed E-state index contributed by atoms with van der Waals surface area (Å²) in [6.45, 7) is 8.79. The van der Waals surface area contributed by atoms with E-state index in [9.17, 15) is 9.59 Å². The number of esters is 1. The Morgan fingerprint density at radius 3 is 2.38 bits per heavy atom. The van der Waals surface area contributed by atoms with Gasteiger partial charge in [0, 0.05) is 54.5 Å². The van der Waals surface area contributed by atoms with Crippen molar-refractivity contribution in [3.05, 3.63) is 18.0 Å². The van der Waals surface area contributed by atoms with Crippen molar-refractivity contribution < 1.29 is 58.4 Å². The number of nitrogens with one attached hydrogen (secondary N) is 1. The number of likely N-dealkylation sites (tertiary alicyclic amines) is 1. The van der Waals surface area contributed by atoms with Gasteiger partial charge in [-0.15, -0.1) is 6.58 Å². The minimum absolute atomic E-state index is 0. The third kappa shape index (κ3) is 6.34. The monoisotopic (exact) mass is 620 g/mol. The van der Waals surface area contributed by atoms with Crippen molar-refractivity contribution in [2.24, 2.45) is 0 Å². The van der Waals surface area contributed by atoms with E-state index in [1.165, 1.54) is 4.90 Å². The van der Waals surface area contributed by atoms with Gasteiger partial charge in [0.25, 0.3) is 0 Å². The minimum atomic E-state index is -0.586.